The molecule has 2 nitrogen and oxygen atoms in total. The zero-order valence-electron chi connectivity index (χ0n) is 10.4. The molecule has 1 saturated carbocycles. The molecule has 1 N–H and O–H groups in total. The minimum Gasteiger partial charge on any atom is -0.356 e. The fraction of sp³-hybridized carbons (Fsp3) is 1.00. The van der Waals surface area contributed by atoms with Gasteiger partial charge < -0.3 is 10.1 Å². The van der Waals surface area contributed by atoms with Crippen molar-refractivity contribution < 1.29 is 31.1 Å². The van der Waals surface area contributed by atoms with Crippen molar-refractivity contribution in [2.75, 3.05) is 6.54 Å². The van der Waals surface area contributed by atoms with Gasteiger partial charge in [-0.3, -0.25) is 0 Å². The van der Waals surface area contributed by atoms with Crippen molar-refractivity contribution in [1.29, 1.82) is 0 Å². The number of rotatable bonds is 4. The topological polar surface area (TPSA) is 21.3 Å². The molecular formula is C11H17F6NO. The van der Waals surface area contributed by atoms with Crippen LogP contribution in [0.4, 0.5) is 26.3 Å². The quantitative estimate of drug-likeness (QED) is 0.802. The second-order valence-electron chi connectivity index (χ2n) is 4.59. The van der Waals surface area contributed by atoms with E-state index >= 15 is 0 Å². The fourth-order valence-electron chi connectivity index (χ4n) is 2.27. The molecule has 0 bridgehead atoms. The molecular weight excluding hydrogens is 276 g/mol. The van der Waals surface area contributed by atoms with Gasteiger partial charge in [0.05, 0.1) is 6.10 Å². The van der Waals surface area contributed by atoms with Gasteiger partial charge in [-0.25, -0.2) is 0 Å². The Morgan fingerprint density at radius 2 is 1.58 bits per heavy atom. The molecule has 114 valence electrons. The van der Waals surface area contributed by atoms with Gasteiger partial charge in [0.1, 0.15) is 0 Å². The number of hydrogen-bond donors (Lipinski definition) is 1. The van der Waals surface area contributed by atoms with E-state index < -0.39 is 30.6 Å². The van der Waals surface area contributed by atoms with Crippen LogP contribution in [-0.2, 0) is 4.74 Å². The van der Waals surface area contributed by atoms with Gasteiger partial charge in [-0.2, -0.15) is 26.3 Å². The number of hydrogen-bond acceptors (Lipinski definition) is 2. The highest BCUT2D eigenvalue weighted by molar-refractivity contribution is 4.85. The van der Waals surface area contributed by atoms with Crippen LogP contribution in [0.2, 0.25) is 0 Å². The number of halogens is 6. The van der Waals surface area contributed by atoms with E-state index in [-0.39, 0.29) is 6.42 Å². The zero-order valence-corrected chi connectivity index (χ0v) is 10.4. The van der Waals surface area contributed by atoms with E-state index in [0.717, 1.165) is 6.42 Å². The van der Waals surface area contributed by atoms with Crippen molar-refractivity contribution in [2.45, 2.75) is 63.2 Å². The summed E-state index contributed by atoms with van der Waals surface area (Å²) in [6.07, 6.45) is -13.5. The Morgan fingerprint density at radius 1 is 1.05 bits per heavy atom. The summed E-state index contributed by atoms with van der Waals surface area (Å²) in [6, 6.07) is -0.453. The largest absolute Gasteiger partial charge is 0.423 e. The third-order valence-corrected chi connectivity index (χ3v) is 3.07. The molecule has 0 amide bonds. The lowest BCUT2D eigenvalue weighted by molar-refractivity contribution is -0.333. The molecule has 0 saturated heterocycles. The first-order valence-corrected chi connectivity index (χ1v) is 6.18. The van der Waals surface area contributed by atoms with Crippen molar-refractivity contribution in [1.82, 2.24) is 5.32 Å². The Bertz CT molecular complexity index is 261. The Balaban J connectivity index is 2.76. The molecule has 1 aliphatic rings. The van der Waals surface area contributed by atoms with E-state index in [2.05, 4.69) is 10.1 Å². The van der Waals surface area contributed by atoms with E-state index in [4.69, 9.17) is 0 Å². The third kappa shape index (κ3) is 4.83. The Kier molecular flexibility index (Phi) is 5.49. The van der Waals surface area contributed by atoms with Crippen LogP contribution in [0.3, 0.4) is 0 Å². The van der Waals surface area contributed by atoms with Crippen molar-refractivity contribution in [3.8, 4) is 0 Å². The SMILES string of the molecule is CCNC1CCCCC1OC(C(F)(F)F)C(F)(F)F. The summed E-state index contributed by atoms with van der Waals surface area (Å²) >= 11 is 0. The summed E-state index contributed by atoms with van der Waals surface area (Å²) < 4.78 is 78.9. The normalized spacial score (nSPS) is 25.9. The zero-order chi connectivity index (χ0) is 14.7. The number of nitrogens with one attached hydrogen (secondary N) is 1. The second-order valence-corrected chi connectivity index (χ2v) is 4.59. The highest BCUT2D eigenvalue weighted by Crippen LogP contribution is 2.38. The van der Waals surface area contributed by atoms with E-state index in [1.165, 1.54) is 0 Å². The molecule has 1 rings (SSSR count). The lowest BCUT2D eigenvalue weighted by atomic mass is 9.92. The van der Waals surface area contributed by atoms with Gasteiger partial charge in [-0.15, -0.1) is 0 Å². The van der Waals surface area contributed by atoms with Crippen molar-refractivity contribution >= 4 is 0 Å². The maximum absolute atomic E-state index is 12.4. The van der Waals surface area contributed by atoms with Crippen LogP contribution in [0.15, 0.2) is 0 Å². The Morgan fingerprint density at radius 3 is 2.05 bits per heavy atom. The molecule has 2 atom stereocenters. The molecule has 1 fully saturated rings. The number of ether oxygens (including phenoxy) is 1. The smallest absolute Gasteiger partial charge is 0.356 e. The molecule has 8 heteroatoms. The fourth-order valence-corrected chi connectivity index (χ4v) is 2.27. The van der Waals surface area contributed by atoms with Gasteiger partial charge in [0.25, 0.3) is 0 Å². The summed E-state index contributed by atoms with van der Waals surface area (Å²) in [7, 11) is 0. The second kappa shape index (κ2) is 6.30. The summed E-state index contributed by atoms with van der Waals surface area (Å²) in [5.74, 6) is 0. The molecule has 2 unspecified atom stereocenters. The minimum atomic E-state index is -5.44. The standard InChI is InChI=1S/C11H17F6NO/c1-2-18-7-5-3-4-6-8(7)19-9(10(12,13)14)11(15,16)17/h7-9,18H,2-6H2,1H3. The maximum atomic E-state index is 12.4. The van der Waals surface area contributed by atoms with Gasteiger partial charge >= 0.3 is 12.4 Å². The lowest BCUT2D eigenvalue weighted by Gasteiger charge is -2.35. The summed E-state index contributed by atoms with van der Waals surface area (Å²) in [5, 5.41) is 2.88. The van der Waals surface area contributed by atoms with Crippen LogP contribution in [0.1, 0.15) is 32.6 Å². The highest BCUT2D eigenvalue weighted by atomic mass is 19.4. The predicted molar refractivity (Wildman–Crippen MR) is 56.7 cm³/mol. The molecule has 19 heavy (non-hydrogen) atoms. The molecule has 0 aromatic heterocycles. The van der Waals surface area contributed by atoms with Gasteiger partial charge in [0, 0.05) is 6.04 Å². The van der Waals surface area contributed by atoms with Crippen LogP contribution in [-0.4, -0.2) is 37.1 Å². The highest BCUT2D eigenvalue weighted by Gasteiger charge is 2.59. The van der Waals surface area contributed by atoms with Crippen LogP contribution < -0.4 is 5.32 Å². The van der Waals surface area contributed by atoms with Gasteiger partial charge in [-0.05, 0) is 19.4 Å². The van der Waals surface area contributed by atoms with Gasteiger partial charge in [0.15, 0.2) is 0 Å². The van der Waals surface area contributed by atoms with Crippen molar-refractivity contribution in [2.24, 2.45) is 0 Å². The average Bonchev–Trinajstić information content (AvgIpc) is 2.25. The van der Waals surface area contributed by atoms with E-state index in [1.54, 1.807) is 6.92 Å². The molecule has 0 aromatic rings. The van der Waals surface area contributed by atoms with Gasteiger partial charge in [-0.1, -0.05) is 19.8 Å². The van der Waals surface area contributed by atoms with Crippen molar-refractivity contribution in [3.63, 3.8) is 0 Å². The summed E-state index contributed by atoms with van der Waals surface area (Å²) in [4.78, 5) is 0. The average molecular weight is 293 g/mol. The van der Waals surface area contributed by atoms with E-state index in [1.807, 2.05) is 0 Å². The third-order valence-electron chi connectivity index (χ3n) is 3.07. The van der Waals surface area contributed by atoms with Crippen LogP contribution in [0.5, 0.6) is 0 Å². The van der Waals surface area contributed by atoms with Crippen LogP contribution in [0, 0.1) is 0 Å². The first kappa shape index (κ1) is 16.6. The van der Waals surface area contributed by atoms with Crippen molar-refractivity contribution in [3.05, 3.63) is 0 Å². The maximum Gasteiger partial charge on any atom is 0.423 e. The molecule has 0 aliphatic heterocycles. The molecule has 0 radical (unpaired) electrons. The molecule has 0 spiro atoms. The van der Waals surface area contributed by atoms with E-state index in [0.29, 0.717) is 19.4 Å². The van der Waals surface area contributed by atoms with Gasteiger partial charge in [0.2, 0.25) is 6.10 Å². The first-order chi connectivity index (χ1) is 8.66. The van der Waals surface area contributed by atoms with Crippen LogP contribution in [0.25, 0.3) is 0 Å². The summed E-state index contributed by atoms with van der Waals surface area (Å²) in [5.41, 5.74) is 0. The number of alkyl halides is 6. The predicted octanol–water partition coefficient (Wildman–Crippen LogP) is 3.42. The van der Waals surface area contributed by atoms with Crippen LogP contribution >= 0.6 is 0 Å². The monoisotopic (exact) mass is 293 g/mol. The first-order valence-electron chi connectivity index (χ1n) is 6.18. The lowest BCUT2D eigenvalue weighted by Crippen LogP contribution is -2.52. The van der Waals surface area contributed by atoms with E-state index in [9.17, 15) is 26.3 Å². The molecule has 0 heterocycles. The number of likely N-dealkylation sites (N-methyl/N-ethyl adjacent to an activating group) is 1. The molecule has 0 aromatic carbocycles. The Hall–Kier alpha value is -0.500. The summed E-state index contributed by atoms with van der Waals surface area (Å²) in [6.45, 7) is 2.23. The Labute approximate surface area is 107 Å². The molecule has 1 aliphatic carbocycles. The minimum absolute atomic E-state index is 0.209.